The molecular weight excluding hydrogens is 220 g/mol. The fourth-order valence-electron chi connectivity index (χ4n) is 1.36. The van der Waals surface area contributed by atoms with Gasteiger partial charge in [0, 0.05) is 17.5 Å². The number of thioether (sulfide) groups is 1. The molecule has 0 saturated heterocycles. The highest BCUT2D eigenvalue weighted by molar-refractivity contribution is 7.98. The van der Waals surface area contributed by atoms with Gasteiger partial charge >= 0.3 is 0 Å². The fourth-order valence-corrected chi connectivity index (χ4v) is 1.94. The van der Waals surface area contributed by atoms with E-state index in [0.717, 1.165) is 11.4 Å². The number of nitrogens with one attached hydrogen (secondary N) is 2. The highest BCUT2D eigenvalue weighted by Crippen LogP contribution is 2.03. The summed E-state index contributed by atoms with van der Waals surface area (Å²) in [5.74, 6) is 0.974. The maximum Gasteiger partial charge on any atom is 0.239 e. The molecule has 1 amide bonds. The Morgan fingerprint density at radius 1 is 1.38 bits per heavy atom. The first-order valence-electron chi connectivity index (χ1n) is 5.29. The van der Waals surface area contributed by atoms with Gasteiger partial charge in [-0.25, -0.2) is 0 Å². The van der Waals surface area contributed by atoms with Crippen LogP contribution in [0.2, 0.25) is 0 Å². The number of anilines is 1. The quantitative estimate of drug-likeness (QED) is 0.796. The molecule has 1 rings (SSSR count). The maximum absolute atomic E-state index is 11.5. The van der Waals surface area contributed by atoms with Gasteiger partial charge in [0.2, 0.25) is 5.91 Å². The average molecular weight is 238 g/mol. The topological polar surface area (TPSA) is 41.1 Å². The van der Waals surface area contributed by atoms with Crippen LogP contribution in [0.3, 0.4) is 0 Å². The first-order valence-corrected chi connectivity index (χ1v) is 6.69. The molecule has 0 aliphatic rings. The second kappa shape index (κ2) is 7.17. The summed E-state index contributed by atoms with van der Waals surface area (Å²) in [6.45, 7) is 2.33. The third kappa shape index (κ3) is 5.07. The predicted molar refractivity (Wildman–Crippen MR) is 70.9 cm³/mol. The molecule has 16 heavy (non-hydrogen) atoms. The third-order valence-electron chi connectivity index (χ3n) is 2.05. The Morgan fingerprint density at radius 2 is 2.06 bits per heavy atom. The van der Waals surface area contributed by atoms with Crippen molar-refractivity contribution in [1.82, 2.24) is 5.32 Å². The Bertz CT molecular complexity index is 316. The lowest BCUT2D eigenvalue weighted by molar-refractivity contribution is -0.119. The number of amides is 1. The Morgan fingerprint density at radius 3 is 2.69 bits per heavy atom. The van der Waals surface area contributed by atoms with Gasteiger partial charge in [0.05, 0.1) is 6.54 Å². The lowest BCUT2D eigenvalue weighted by Crippen LogP contribution is -2.37. The molecule has 0 fully saturated rings. The summed E-state index contributed by atoms with van der Waals surface area (Å²) in [6.07, 6.45) is 2.03. The largest absolute Gasteiger partial charge is 0.376 e. The van der Waals surface area contributed by atoms with Gasteiger partial charge in [-0.05, 0) is 25.3 Å². The Balaban J connectivity index is 2.25. The zero-order chi connectivity index (χ0) is 11.8. The van der Waals surface area contributed by atoms with Gasteiger partial charge in [0.15, 0.2) is 0 Å². The van der Waals surface area contributed by atoms with Crippen molar-refractivity contribution in [2.45, 2.75) is 13.0 Å². The number of hydrogen-bond donors (Lipinski definition) is 2. The minimum atomic E-state index is 0.0328. The standard InChI is InChI=1S/C12H18N2OS/c1-10(9-16-2)14-12(15)8-13-11-6-4-3-5-7-11/h3-7,10,13H,8-9H2,1-2H3,(H,14,15). The van der Waals surface area contributed by atoms with Gasteiger partial charge in [0.1, 0.15) is 0 Å². The molecule has 1 unspecified atom stereocenters. The first-order chi connectivity index (χ1) is 7.72. The molecule has 4 heteroatoms. The summed E-state index contributed by atoms with van der Waals surface area (Å²) < 4.78 is 0. The van der Waals surface area contributed by atoms with Crippen LogP contribution in [-0.2, 0) is 4.79 Å². The Labute approximate surface area is 101 Å². The van der Waals surface area contributed by atoms with E-state index in [9.17, 15) is 4.79 Å². The Kier molecular flexibility index (Phi) is 5.78. The van der Waals surface area contributed by atoms with Crippen LogP contribution in [0.25, 0.3) is 0 Å². The highest BCUT2D eigenvalue weighted by Gasteiger charge is 2.05. The van der Waals surface area contributed by atoms with Gasteiger partial charge in [-0.3, -0.25) is 4.79 Å². The number of benzene rings is 1. The molecule has 0 radical (unpaired) electrons. The van der Waals surface area contributed by atoms with Crippen molar-refractivity contribution in [2.75, 3.05) is 23.9 Å². The molecule has 0 aliphatic carbocycles. The second-order valence-electron chi connectivity index (χ2n) is 3.64. The SMILES string of the molecule is CSCC(C)NC(=O)CNc1ccccc1. The molecule has 1 atom stereocenters. The van der Waals surface area contributed by atoms with Gasteiger partial charge in [-0.15, -0.1) is 0 Å². The first kappa shape index (κ1) is 12.9. The van der Waals surface area contributed by atoms with Crippen LogP contribution >= 0.6 is 11.8 Å². The summed E-state index contributed by atoms with van der Waals surface area (Å²) >= 11 is 1.73. The molecule has 0 aliphatic heterocycles. The smallest absolute Gasteiger partial charge is 0.239 e. The van der Waals surface area contributed by atoms with Crippen molar-refractivity contribution in [3.05, 3.63) is 30.3 Å². The van der Waals surface area contributed by atoms with Gasteiger partial charge in [-0.2, -0.15) is 11.8 Å². The molecule has 2 N–H and O–H groups in total. The van der Waals surface area contributed by atoms with E-state index in [-0.39, 0.29) is 11.9 Å². The minimum absolute atomic E-state index is 0.0328. The molecule has 1 aromatic rings. The molecule has 0 spiro atoms. The zero-order valence-corrected chi connectivity index (χ0v) is 10.5. The van der Waals surface area contributed by atoms with Gasteiger partial charge in [-0.1, -0.05) is 18.2 Å². The van der Waals surface area contributed by atoms with Gasteiger partial charge in [0.25, 0.3) is 0 Å². The molecule has 0 aromatic heterocycles. The van der Waals surface area contributed by atoms with Crippen molar-refractivity contribution in [3.63, 3.8) is 0 Å². The third-order valence-corrected chi connectivity index (χ3v) is 2.88. The molecular formula is C12H18N2OS. The van der Waals surface area contributed by atoms with E-state index in [1.807, 2.05) is 43.5 Å². The van der Waals surface area contributed by atoms with Gasteiger partial charge < -0.3 is 10.6 Å². The van der Waals surface area contributed by atoms with Crippen molar-refractivity contribution >= 4 is 23.4 Å². The van der Waals surface area contributed by atoms with Crippen molar-refractivity contribution in [1.29, 1.82) is 0 Å². The number of rotatable bonds is 6. The minimum Gasteiger partial charge on any atom is -0.376 e. The zero-order valence-electron chi connectivity index (χ0n) is 9.69. The summed E-state index contributed by atoms with van der Waals surface area (Å²) in [5, 5.41) is 6.00. The number of para-hydroxylation sites is 1. The Hall–Kier alpha value is -1.16. The molecule has 0 saturated carbocycles. The molecule has 0 bridgehead atoms. The fraction of sp³-hybridized carbons (Fsp3) is 0.417. The predicted octanol–water partition coefficient (Wildman–Crippen LogP) is 1.97. The van der Waals surface area contributed by atoms with Crippen molar-refractivity contribution in [2.24, 2.45) is 0 Å². The molecule has 3 nitrogen and oxygen atoms in total. The lowest BCUT2D eigenvalue weighted by atomic mass is 10.3. The van der Waals surface area contributed by atoms with Crippen LogP contribution in [0, 0.1) is 0 Å². The van der Waals surface area contributed by atoms with Crippen LogP contribution in [0.5, 0.6) is 0 Å². The van der Waals surface area contributed by atoms with E-state index < -0.39 is 0 Å². The summed E-state index contributed by atoms with van der Waals surface area (Å²) in [7, 11) is 0. The van der Waals surface area contributed by atoms with Crippen LogP contribution in [0.4, 0.5) is 5.69 Å². The van der Waals surface area contributed by atoms with E-state index >= 15 is 0 Å². The summed E-state index contributed by atoms with van der Waals surface area (Å²) in [4.78, 5) is 11.5. The van der Waals surface area contributed by atoms with Crippen molar-refractivity contribution in [3.8, 4) is 0 Å². The lowest BCUT2D eigenvalue weighted by Gasteiger charge is -2.13. The van der Waals surface area contributed by atoms with Crippen LogP contribution in [-0.4, -0.2) is 30.5 Å². The molecule has 1 aromatic carbocycles. The van der Waals surface area contributed by atoms with Crippen molar-refractivity contribution < 1.29 is 4.79 Å². The average Bonchev–Trinajstić information content (AvgIpc) is 2.28. The monoisotopic (exact) mass is 238 g/mol. The van der Waals surface area contributed by atoms with E-state index in [2.05, 4.69) is 10.6 Å². The molecule has 0 heterocycles. The van der Waals surface area contributed by atoms with E-state index in [0.29, 0.717) is 6.54 Å². The number of carbonyl (C=O) groups is 1. The van der Waals surface area contributed by atoms with Crippen LogP contribution in [0.1, 0.15) is 6.92 Å². The second-order valence-corrected chi connectivity index (χ2v) is 4.55. The van der Waals surface area contributed by atoms with Crippen LogP contribution in [0.15, 0.2) is 30.3 Å². The van der Waals surface area contributed by atoms with E-state index in [4.69, 9.17) is 0 Å². The summed E-state index contributed by atoms with van der Waals surface area (Å²) in [5.41, 5.74) is 0.968. The molecule has 88 valence electrons. The van der Waals surface area contributed by atoms with Crippen LogP contribution < -0.4 is 10.6 Å². The van der Waals surface area contributed by atoms with E-state index in [1.165, 1.54) is 0 Å². The maximum atomic E-state index is 11.5. The normalized spacial score (nSPS) is 11.9. The number of hydrogen-bond acceptors (Lipinski definition) is 3. The highest BCUT2D eigenvalue weighted by atomic mass is 32.2. The summed E-state index contributed by atoms with van der Waals surface area (Å²) in [6, 6.07) is 9.94. The number of carbonyl (C=O) groups excluding carboxylic acids is 1. The van der Waals surface area contributed by atoms with E-state index in [1.54, 1.807) is 11.8 Å².